The zero-order valence-electron chi connectivity index (χ0n) is 20.1. The van der Waals surface area contributed by atoms with E-state index in [4.69, 9.17) is 36.1 Å². The molecule has 0 spiro atoms. The largest absolute Gasteiger partial charge is 0.507 e. The molecular formula is C25H26ClN3O6S. The van der Waals surface area contributed by atoms with Gasteiger partial charge in [-0.15, -0.1) is 0 Å². The summed E-state index contributed by atoms with van der Waals surface area (Å²) < 4.78 is 40.2. The molecule has 9 nitrogen and oxygen atoms in total. The van der Waals surface area contributed by atoms with Gasteiger partial charge in [-0.25, -0.2) is 13.6 Å². The van der Waals surface area contributed by atoms with Gasteiger partial charge < -0.3 is 19.3 Å². The Kier molecular flexibility index (Phi) is 7.03. The van der Waals surface area contributed by atoms with Crippen LogP contribution in [0.1, 0.15) is 29.2 Å². The minimum atomic E-state index is -3.86. The van der Waals surface area contributed by atoms with Gasteiger partial charge in [0, 0.05) is 22.6 Å². The van der Waals surface area contributed by atoms with Gasteiger partial charge in [0.15, 0.2) is 11.5 Å². The van der Waals surface area contributed by atoms with E-state index in [1.165, 1.54) is 33.5 Å². The molecule has 0 radical (unpaired) electrons. The third-order valence-corrected chi connectivity index (χ3v) is 7.36. The first-order chi connectivity index (χ1) is 17.1. The number of phenols is 1. The Balaban J connectivity index is 1.88. The molecule has 0 amide bonds. The number of benzene rings is 3. The molecule has 1 atom stereocenters. The Morgan fingerprint density at radius 3 is 2.28 bits per heavy atom. The lowest BCUT2D eigenvalue weighted by Gasteiger charge is -2.26. The lowest BCUT2D eigenvalue weighted by atomic mass is 9.96. The number of methoxy groups -OCH3 is 3. The number of aryl methyl sites for hydroxylation is 1. The maximum absolute atomic E-state index is 11.8. The molecule has 0 saturated carbocycles. The highest BCUT2D eigenvalue weighted by molar-refractivity contribution is 7.89. The van der Waals surface area contributed by atoms with Gasteiger partial charge in [0.25, 0.3) is 0 Å². The Labute approximate surface area is 214 Å². The van der Waals surface area contributed by atoms with E-state index in [1.54, 1.807) is 42.3 Å². The zero-order valence-corrected chi connectivity index (χ0v) is 21.7. The highest BCUT2D eigenvalue weighted by Gasteiger charge is 2.35. The van der Waals surface area contributed by atoms with Crippen molar-refractivity contribution in [3.63, 3.8) is 0 Å². The van der Waals surface area contributed by atoms with Crippen LogP contribution in [0, 0.1) is 6.92 Å². The van der Waals surface area contributed by atoms with E-state index in [0.29, 0.717) is 45.7 Å². The molecule has 1 heterocycles. The average molecular weight is 532 g/mol. The van der Waals surface area contributed by atoms with Crippen molar-refractivity contribution in [2.24, 2.45) is 10.2 Å². The van der Waals surface area contributed by atoms with Crippen molar-refractivity contribution in [2.75, 3.05) is 26.3 Å². The van der Waals surface area contributed by atoms with Crippen LogP contribution in [0.2, 0.25) is 5.02 Å². The summed E-state index contributed by atoms with van der Waals surface area (Å²) in [6.45, 7) is 1.80. The number of anilines is 1. The number of nitrogens with zero attached hydrogens (tertiary/aromatic N) is 2. The summed E-state index contributed by atoms with van der Waals surface area (Å²) in [5.41, 5.74) is 3.19. The maximum atomic E-state index is 11.8. The van der Waals surface area contributed by atoms with Crippen LogP contribution >= 0.6 is 11.6 Å². The van der Waals surface area contributed by atoms with E-state index in [2.05, 4.69) is 0 Å². The number of phenolic OH excluding ortho intramolecular Hbond substituents is 1. The first kappa shape index (κ1) is 25.6. The molecule has 0 aromatic heterocycles. The van der Waals surface area contributed by atoms with Crippen molar-refractivity contribution < 1.29 is 27.7 Å². The summed E-state index contributed by atoms with van der Waals surface area (Å²) in [4.78, 5) is -0.0159. The number of rotatable bonds is 7. The normalized spacial score (nSPS) is 15.6. The number of primary sulfonamides is 1. The maximum Gasteiger partial charge on any atom is 0.238 e. The molecule has 3 aromatic rings. The van der Waals surface area contributed by atoms with E-state index in [-0.39, 0.29) is 10.6 Å². The number of hydrogen-bond acceptors (Lipinski definition) is 8. The molecule has 1 aliphatic rings. The first-order valence-corrected chi connectivity index (χ1v) is 12.8. The van der Waals surface area contributed by atoms with Gasteiger partial charge in [-0.05, 0) is 61.0 Å². The summed E-state index contributed by atoms with van der Waals surface area (Å²) in [5.74, 6) is 1.46. The molecule has 0 aliphatic carbocycles. The summed E-state index contributed by atoms with van der Waals surface area (Å²) in [5, 5.41) is 23.0. The molecule has 190 valence electrons. The molecule has 0 fully saturated rings. The molecule has 3 aromatic carbocycles. The molecule has 36 heavy (non-hydrogen) atoms. The Morgan fingerprint density at radius 2 is 1.69 bits per heavy atom. The molecule has 4 rings (SSSR count). The molecule has 1 aliphatic heterocycles. The van der Waals surface area contributed by atoms with Gasteiger partial charge in [0.2, 0.25) is 15.8 Å². The minimum Gasteiger partial charge on any atom is -0.507 e. The van der Waals surface area contributed by atoms with Crippen molar-refractivity contribution in [1.29, 1.82) is 0 Å². The topological polar surface area (TPSA) is 124 Å². The van der Waals surface area contributed by atoms with Gasteiger partial charge in [-0.1, -0.05) is 11.6 Å². The number of aromatic hydroxyl groups is 1. The lowest BCUT2D eigenvalue weighted by molar-refractivity contribution is 0.320. The number of hydrazone groups is 1. The second-order valence-electron chi connectivity index (χ2n) is 8.19. The van der Waals surface area contributed by atoms with Crippen molar-refractivity contribution in [1.82, 2.24) is 0 Å². The van der Waals surface area contributed by atoms with Crippen LogP contribution in [0.15, 0.2) is 58.5 Å². The van der Waals surface area contributed by atoms with Crippen LogP contribution in [-0.2, 0) is 10.0 Å². The van der Waals surface area contributed by atoms with Gasteiger partial charge in [0.1, 0.15) is 5.75 Å². The summed E-state index contributed by atoms with van der Waals surface area (Å²) in [6.07, 6.45) is 0.385. The lowest BCUT2D eigenvalue weighted by Crippen LogP contribution is -2.20. The molecule has 0 saturated heterocycles. The Bertz CT molecular complexity index is 1440. The molecule has 3 N–H and O–H groups in total. The summed E-state index contributed by atoms with van der Waals surface area (Å²) >= 11 is 6.35. The van der Waals surface area contributed by atoms with Gasteiger partial charge in [-0.3, -0.25) is 5.01 Å². The quantitative estimate of drug-likeness (QED) is 0.463. The smallest absolute Gasteiger partial charge is 0.238 e. The van der Waals surface area contributed by atoms with E-state index < -0.39 is 16.1 Å². The number of nitrogens with two attached hydrogens (primary N) is 1. The van der Waals surface area contributed by atoms with E-state index in [1.807, 2.05) is 6.07 Å². The van der Waals surface area contributed by atoms with E-state index in [9.17, 15) is 13.5 Å². The van der Waals surface area contributed by atoms with Crippen molar-refractivity contribution in [3.8, 4) is 23.0 Å². The van der Waals surface area contributed by atoms with Crippen molar-refractivity contribution >= 4 is 33.0 Å². The van der Waals surface area contributed by atoms with E-state index >= 15 is 0 Å². The van der Waals surface area contributed by atoms with Crippen LogP contribution in [0.5, 0.6) is 23.0 Å². The molecule has 1 unspecified atom stereocenters. The second kappa shape index (κ2) is 9.88. The minimum absolute atomic E-state index is 0.0159. The highest BCUT2D eigenvalue weighted by Crippen LogP contribution is 2.47. The van der Waals surface area contributed by atoms with Crippen molar-refractivity contribution in [3.05, 3.63) is 70.2 Å². The number of sulfonamides is 1. The fourth-order valence-electron chi connectivity index (χ4n) is 4.23. The monoisotopic (exact) mass is 531 g/mol. The number of hydrogen-bond donors (Lipinski definition) is 2. The fourth-order valence-corrected chi connectivity index (χ4v) is 4.91. The molecular weight excluding hydrogens is 506 g/mol. The van der Waals surface area contributed by atoms with Gasteiger partial charge in [-0.2, -0.15) is 5.10 Å². The Hall–Kier alpha value is -3.47. The Morgan fingerprint density at radius 1 is 1.03 bits per heavy atom. The van der Waals surface area contributed by atoms with Gasteiger partial charge in [0.05, 0.1) is 43.7 Å². The predicted octanol–water partition coefficient (Wildman–Crippen LogP) is 4.38. The summed E-state index contributed by atoms with van der Waals surface area (Å²) in [7, 11) is 0.742. The zero-order chi connectivity index (χ0) is 26.2. The number of ether oxygens (including phenoxy) is 3. The van der Waals surface area contributed by atoms with Crippen LogP contribution in [0.4, 0.5) is 5.69 Å². The SMILES string of the molecule is COc1ccc(C2CC(c3cc(Cl)c(C)cc3O)=NN2c2ccc(S(N)(=O)=O)cc2)c(OC)c1OC. The third kappa shape index (κ3) is 4.67. The van der Waals surface area contributed by atoms with E-state index in [0.717, 1.165) is 11.1 Å². The van der Waals surface area contributed by atoms with Crippen molar-refractivity contribution in [2.45, 2.75) is 24.3 Å². The van der Waals surface area contributed by atoms with Gasteiger partial charge >= 0.3 is 0 Å². The average Bonchev–Trinajstić information content (AvgIpc) is 3.29. The van der Waals surface area contributed by atoms with Crippen LogP contribution in [0.3, 0.4) is 0 Å². The molecule has 0 bridgehead atoms. The summed E-state index contributed by atoms with van der Waals surface area (Å²) in [6, 6.07) is 12.6. The first-order valence-electron chi connectivity index (χ1n) is 10.9. The number of halogens is 1. The van der Waals surface area contributed by atoms with Crippen LogP contribution in [0.25, 0.3) is 0 Å². The molecule has 11 heteroatoms. The third-order valence-electron chi connectivity index (χ3n) is 6.02. The van der Waals surface area contributed by atoms with Crippen LogP contribution in [-0.4, -0.2) is 40.6 Å². The van der Waals surface area contributed by atoms with Crippen LogP contribution < -0.4 is 24.4 Å². The second-order valence-corrected chi connectivity index (χ2v) is 10.2. The standard InChI is InChI=1S/C25H26ClN3O6S/c1-14-11-22(30)18(12-19(14)26)20-13-21(17-9-10-23(33-2)25(35-4)24(17)34-3)29(28-20)15-5-7-16(8-6-15)36(27,31)32/h5-12,21,30H,13H2,1-4H3,(H2,27,31,32). The highest BCUT2D eigenvalue weighted by atomic mass is 35.5. The predicted molar refractivity (Wildman–Crippen MR) is 138 cm³/mol. The fraction of sp³-hybridized carbons (Fsp3) is 0.240.